The topological polar surface area (TPSA) is 42.4 Å². The Kier molecular flexibility index (Phi) is 3.59. The largest absolute Gasteiger partial charge is 0.468 e. The van der Waals surface area contributed by atoms with Gasteiger partial charge in [0.05, 0.1) is 12.8 Å². The molecule has 0 spiro atoms. The molecule has 96 valence electrons. The monoisotopic (exact) mass is 236 g/mol. The first kappa shape index (κ1) is 12.7. The third-order valence-electron chi connectivity index (χ3n) is 3.92. The SMILES string of the molecule is CC(C)(C)C1CCN(Cc2occc2CN)C1. The second-order valence-corrected chi connectivity index (χ2v) is 6.16. The minimum atomic E-state index is 0.411. The van der Waals surface area contributed by atoms with E-state index in [4.69, 9.17) is 10.2 Å². The average Bonchev–Trinajstić information content (AvgIpc) is 2.86. The van der Waals surface area contributed by atoms with Gasteiger partial charge in [0.15, 0.2) is 0 Å². The molecule has 1 aromatic heterocycles. The molecule has 1 unspecified atom stereocenters. The van der Waals surface area contributed by atoms with Crippen LogP contribution in [0.25, 0.3) is 0 Å². The lowest BCUT2D eigenvalue weighted by Crippen LogP contribution is -2.26. The van der Waals surface area contributed by atoms with Gasteiger partial charge in [0.25, 0.3) is 0 Å². The van der Waals surface area contributed by atoms with Gasteiger partial charge in [-0.1, -0.05) is 20.8 Å². The second kappa shape index (κ2) is 4.83. The fourth-order valence-corrected chi connectivity index (χ4v) is 2.57. The third-order valence-corrected chi connectivity index (χ3v) is 3.92. The Morgan fingerprint density at radius 1 is 1.47 bits per heavy atom. The summed E-state index contributed by atoms with van der Waals surface area (Å²) >= 11 is 0. The van der Waals surface area contributed by atoms with Gasteiger partial charge in [-0.3, -0.25) is 4.90 Å². The van der Waals surface area contributed by atoms with E-state index < -0.39 is 0 Å². The van der Waals surface area contributed by atoms with Crippen LogP contribution in [0.5, 0.6) is 0 Å². The molecule has 1 aliphatic rings. The molecule has 0 aliphatic carbocycles. The Morgan fingerprint density at radius 2 is 2.24 bits per heavy atom. The molecule has 1 aliphatic heterocycles. The average molecular weight is 236 g/mol. The number of hydrogen-bond acceptors (Lipinski definition) is 3. The first-order chi connectivity index (χ1) is 8.00. The third kappa shape index (κ3) is 2.90. The quantitative estimate of drug-likeness (QED) is 0.877. The highest BCUT2D eigenvalue weighted by Gasteiger charge is 2.32. The van der Waals surface area contributed by atoms with Gasteiger partial charge < -0.3 is 10.2 Å². The van der Waals surface area contributed by atoms with E-state index >= 15 is 0 Å². The van der Waals surface area contributed by atoms with E-state index in [2.05, 4.69) is 25.7 Å². The maximum absolute atomic E-state index is 5.69. The molecular formula is C14H24N2O. The van der Waals surface area contributed by atoms with Crippen LogP contribution in [0, 0.1) is 11.3 Å². The summed E-state index contributed by atoms with van der Waals surface area (Å²) in [7, 11) is 0. The van der Waals surface area contributed by atoms with Crippen molar-refractivity contribution in [1.29, 1.82) is 0 Å². The van der Waals surface area contributed by atoms with E-state index in [1.54, 1.807) is 6.26 Å². The fourth-order valence-electron chi connectivity index (χ4n) is 2.57. The van der Waals surface area contributed by atoms with Gasteiger partial charge in [-0.2, -0.15) is 0 Å². The lowest BCUT2D eigenvalue weighted by Gasteiger charge is -2.27. The van der Waals surface area contributed by atoms with Gasteiger partial charge in [-0.25, -0.2) is 0 Å². The Morgan fingerprint density at radius 3 is 2.82 bits per heavy atom. The summed E-state index contributed by atoms with van der Waals surface area (Å²) < 4.78 is 5.52. The highest BCUT2D eigenvalue weighted by Crippen LogP contribution is 2.34. The van der Waals surface area contributed by atoms with Crippen molar-refractivity contribution in [2.75, 3.05) is 13.1 Å². The van der Waals surface area contributed by atoms with E-state index in [1.165, 1.54) is 19.5 Å². The van der Waals surface area contributed by atoms with Crippen LogP contribution in [0.1, 0.15) is 38.5 Å². The summed E-state index contributed by atoms with van der Waals surface area (Å²) in [5.74, 6) is 1.83. The Balaban J connectivity index is 1.94. The van der Waals surface area contributed by atoms with Crippen LogP contribution in [0.2, 0.25) is 0 Å². The Bertz CT molecular complexity index is 365. The Hall–Kier alpha value is -0.800. The summed E-state index contributed by atoms with van der Waals surface area (Å²) in [4.78, 5) is 2.48. The molecule has 2 heterocycles. The van der Waals surface area contributed by atoms with Gasteiger partial charge in [0.1, 0.15) is 5.76 Å². The van der Waals surface area contributed by atoms with Crippen LogP contribution >= 0.6 is 0 Å². The molecule has 1 atom stereocenters. The van der Waals surface area contributed by atoms with Crippen molar-refractivity contribution >= 4 is 0 Å². The molecule has 1 fully saturated rings. The first-order valence-electron chi connectivity index (χ1n) is 6.48. The highest BCUT2D eigenvalue weighted by molar-refractivity contribution is 5.16. The number of nitrogens with zero attached hydrogens (tertiary/aromatic N) is 1. The first-order valence-corrected chi connectivity index (χ1v) is 6.48. The maximum atomic E-state index is 5.69. The predicted molar refractivity (Wildman–Crippen MR) is 69.4 cm³/mol. The van der Waals surface area contributed by atoms with Crippen molar-refractivity contribution in [3.8, 4) is 0 Å². The molecular weight excluding hydrogens is 212 g/mol. The smallest absolute Gasteiger partial charge is 0.122 e. The lowest BCUT2D eigenvalue weighted by molar-refractivity contribution is 0.219. The number of likely N-dealkylation sites (tertiary alicyclic amines) is 1. The van der Waals surface area contributed by atoms with Gasteiger partial charge in [0, 0.05) is 18.7 Å². The second-order valence-electron chi connectivity index (χ2n) is 6.16. The summed E-state index contributed by atoms with van der Waals surface area (Å²) in [6, 6.07) is 1.98. The van der Waals surface area contributed by atoms with Crippen LogP contribution < -0.4 is 5.73 Å². The maximum Gasteiger partial charge on any atom is 0.122 e. The zero-order valence-corrected chi connectivity index (χ0v) is 11.2. The minimum Gasteiger partial charge on any atom is -0.468 e. The molecule has 0 aromatic carbocycles. The predicted octanol–water partition coefficient (Wildman–Crippen LogP) is 2.61. The van der Waals surface area contributed by atoms with Crippen molar-refractivity contribution in [2.24, 2.45) is 17.1 Å². The molecule has 3 nitrogen and oxygen atoms in total. The molecule has 17 heavy (non-hydrogen) atoms. The van der Waals surface area contributed by atoms with E-state index in [-0.39, 0.29) is 0 Å². The van der Waals surface area contributed by atoms with Crippen molar-refractivity contribution in [1.82, 2.24) is 4.90 Å². The standard InChI is InChI=1S/C14H24N2O/c1-14(2,3)12-4-6-16(9-12)10-13-11(8-15)5-7-17-13/h5,7,12H,4,6,8-10,15H2,1-3H3. The van der Waals surface area contributed by atoms with E-state index in [1.807, 2.05) is 6.07 Å². The molecule has 0 amide bonds. The minimum absolute atomic E-state index is 0.411. The molecule has 2 N–H and O–H groups in total. The van der Waals surface area contributed by atoms with Crippen LogP contribution in [0.4, 0.5) is 0 Å². The summed E-state index contributed by atoms with van der Waals surface area (Å²) in [6.45, 7) is 10.8. The molecule has 1 aromatic rings. The Labute approximate surface area is 104 Å². The van der Waals surface area contributed by atoms with Gasteiger partial charge in [0.2, 0.25) is 0 Å². The molecule has 1 saturated heterocycles. The zero-order chi connectivity index (χ0) is 12.5. The number of rotatable bonds is 3. The zero-order valence-electron chi connectivity index (χ0n) is 11.2. The number of nitrogens with two attached hydrogens (primary N) is 1. The van der Waals surface area contributed by atoms with Crippen molar-refractivity contribution in [3.63, 3.8) is 0 Å². The molecule has 0 bridgehead atoms. The lowest BCUT2D eigenvalue weighted by atomic mass is 9.80. The normalized spacial score (nSPS) is 22.2. The van der Waals surface area contributed by atoms with E-state index in [0.29, 0.717) is 12.0 Å². The van der Waals surface area contributed by atoms with Crippen molar-refractivity contribution in [2.45, 2.75) is 40.3 Å². The van der Waals surface area contributed by atoms with Crippen LogP contribution in [0.15, 0.2) is 16.7 Å². The van der Waals surface area contributed by atoms with Crippen molar-refractivity contribution < 1.29 is 4.42 Å². The van der Waals surface area contributed by atoms with Crippen molar-refractivity contribution in [3.05, 3.63) is 23.7 Å². The summed E-state index contributed by atoms with van der Waals surface area (Å²) in [6.07, 6.45) is 3.04. The molecule has 0 saturated carbocycles. The van der Waals surface area contributed by atoms with Crippen LogP contribution in [-0.2, 0) is 13.1 Å². The number of furan rings is 1. The fraction of sp³-hybridized carbons (Fsp3) is 0.714. The summed E-state index contributed by atoms with van der Waals surface area (Å²) in [5.41, 5.74) is 7.24. The van der Waals surface area contributed by atoms with E-state index in [0.717, 1.165) is 23.8 Å². The highest BCUT2D eigenvalue weighted by atomic mass is 16.3. The van der Waals surface area contributed by atoms with Gasteiger partial charge in [-0.05, 0) is 30.4 Å². The van der Waals surface area contributed by atoms with Crippen LogP contribution in [0.3, 0.4) is 0 Å². The summed E-state index contributed by atoms with van der Waals surface area (Å²) in [5, 5.41) is 0. The number of hydrogen-bond donors (Lipinski definition) is 1. The molecule has 3 heteroatoms. The van der Waals surface area contributed by atoms with E-state index in [9.17, 15) is 0 Å². The van der Waals surface area contributed by atoms with Crippen LogP contribution in [-0.4, -0.2) is 18.0 Å². The van der Waals surface area contributed by atoms with Gasteiger partial charge >= 0.3 is 0 Å². The molecule has 2 rings (SSSR count). The van der Waals surface area contributed by atoms with Gasteiger partial charge in [-0.15, -0.1) is 0 Å². The molecule has 0 radical (unpaired) electrons.